The molecule has 1 aromatic heterocycles. The van der Waals surface area contributed by atoms with Gasteiger partial charge in [0.1, 0.15) is 5.82 Å². The van der Waals surface area contributed by atoms with Crippen molar-refractivity contribution < 1.29 is 9.47 Å². The molecule has 0 bridgehead atoms. The van der Waals surface area contributed by atoms with Gasteiger partial charge >= 0.3 is 0 Å². The smallest absolute Gasteiger partial charge is 0.282 e. The maximum atomic E-state index is 13.2. The van der Waals surface area contributed by atoms with E-state index < -0.39 is 0 Å². The number of benzene rings is 2. The zero-order valence-corrected chi connectivity index (χ0v) is 20.3. The number of aromatic nitrogens is 2. The van der Waals surface area contributed by atoms with E-state index in [9.17, 15) is 4.79 Å². The minimum Gasteiger partial charge on any atom is -0.492 e. The van der Waals surface area contributed by atoms with Crippen molar-refractivity contribution in [2.24, 2.45) is 5.10 Å². The molecule has 3 aromatic rings. The molecule has 6 nitrogen and oxygen atoms in total. The van der Waals surface area contributed by atoms with Gasteiger partial charge in [-0.25, -0.2) is 4.98 Å². The van der Waals surface area contributed by atoms with Crippen LogP contribution in [0.1, 0.15) is 38.1 Å². The van der Waals surface area contributed by atoms with Crippen molar-refractivity contribution in [2.45, 2.75) is 33.1 Å². The normalized spacial score (nSPS) is 11.4. The largest absolute Gasteiger partial charge is 0.492 e. The summed E-state index contributed by atoms with van der Waals surface area (Å²) in [5.74, 6) is 1.87. The SMILES string of the molecule is CCCCc1nc2ccc(Br)cc2c(=O)n1N=Cc1cc(Br)c(OC)c(OCC)c1. The van der Waals surface area contributed by atoms with Crippen LogP contribution < -0.4 is 15.0 Å². The summed E-state index contributed by atoms with van der Waals surface area (Å²) < 4.78 is 14.0. The third kappa shape index (κ3) is 4.92. The Morgan fingerprint density at radius 1 is 1.20 bits per heavy atom. The first-order chi connectivity index (χ1) is 14.5. The summed E-state index contributed by atoms with van der Waals surface area (Å²) in [6.45, 7) is 4.52. The number of halogens is 2. The fraction of sp³-hybridized carbons (Fsp3) is 0.318. The van der Waals surface area contributed by atoms with Gasteiger partial charge in [0.05, 0.1) is 35.3 Å². The number of aryl methyl sites for hydroxylation is 1. The van der Waals surface area contributed by atoms with E-state index in [1.807, 2.05) is 31.2 Å². The Kier molecular flexibility index (Phi) is 7.66. The Morgan fingerprint density at radius 2 is 2.00 bits per heavy atom. The topological polar surface area (TPSA) is 65.7 Å². The highest BCUT2D eigenvalue weighted by molar-refractivity contribution is 9.10. The van der Waals surface area contributed by atoms with Gasteiger partial charge in [-0.15, -0.1) is 0 Å². The second-order valence-corrected chi connectivity index (χ2v) is 8.39. The predicted octanol–water partition coefficient (Wildman–Crippen LogP) is 5.55. The lowest BCUT2D eigenvalue weighted by atomic mass is 10.2. The molecule has 0 saturated carbocycles. The van der Waals surface area contributed by atoms with E-state index in [0.29, 0.717) is 41.3 Å². The average molecular weight is 537 g/mol. The van der Waals surface area contributed by atoms with Gasteiger partial charge in [-0.1, -0.05) is 29.3 Å². The minimum absolute atomic E-state index is 0.193. The number of rotatable bonds is 8. The molecule has 0 radical (unpaired) electrons. The van der Waals surface area contributed by atoms with Crippen LogP contribution in [0.2, 0.25) is 0 Å². The molecule has 0 aliphatic carbocycles. The molecule has 2 aromatic carbocycles. The van der Waals surface area contributed by atoms with Crippen molar-refractivity contribution in [3.63, 3.8) is 0 Å². The molecule has 158 valence electrons. The lowest BCUT2D eigenvalue weighted by molar-refractivity contribution is 0.310. The van der Waals surface area contributed by atoms with Crippen LogP contribution in [-0.4, -0.2) is 29.6 Å². The molecule has 0 saturated heterocycles. The van der Waals surface area contributed by atoms with Crippen LogP contribution in [0, 0.1) is 0 Å². The number of ether oxygens (including phenoxy) is 2. The molecule has 8 heteroatoms. The molecule has 0 aliphatic heterocycles. The Balaban J connectivity index is 2.10. The number of methoxy groups -OCH3 is 1. The Morgan fingerprint density at radius 3 is 2.70 bits per heavy atom. The van der Waals surface area contributed by atoms with Gasteiger partial charge in [-0.3, -0.25) is 4.79 Å². The average Bonchev–Trinajstić information content (AvgIpc) is 2.72. The summed E-state index contributed by atoms with van der Waals surface area (Å²) in [7, 11) is 1.59. The standard InChI is InChI=1S/C22H23Br2N3O3/c1-4-6-7-20-26-18-9-8-15(23)12-16(18)22(28)27(20)25-13-14-10-17(24)21(29-3)19(11-14)30-5-2/h8-13H,4-7H2,1-3H3. The molecule has 0 N–H and O–H groups in total. The van der Waals surface area contributed by atoms with Crippen LogP contribution in [0.15, 0.2) is 49.2 Å². The number of fused-ring (bicyclic) bond motifs is 1. The maximum Gasteiger partial charge on any atom is 0.282 e. The number of unbranched alkanes of at least 4 members (excludes halogenated alkanes) is 1. The van der Waals surface area contributed by atoms with Gasteiger partial charge < -0.3 is 9.47 Å². The quantitative estimate of drug-likeness (QED) is 0.354. The van der Waals surface area contributed by atoms with Gasteiger partial charge in [0, 0.05) is 10.9 Å². The van der Waals surface area contributed by atoms with Crippen LogP contribution in [0.3, 0.4) is 0 Å². The van der Waals surface area contributed by atoms with Crippen molar-refractivity contribution in [3.8, 4) is 11.5 Å². The number of hydrogen-bond acceptors (Lipinski definition) is 5. The summed E-state index contributed by atoms with van der Waals surface area (Å²) in [4.78, 5) is 17.9. The molecule has 0 unspecified atom stereocenters. The van der Waals surface area contributed by atoms with E-state index in [-0.39, 0.29) is 5.56 Å². The van der Waals surface area contributed by atoms with E-state index in [4.69, 9.17) is 14.5 Å². The first-order valence-electron chi connectivity index (χ1n) is 9.74. The van der Waals surface area contributed by atoms with Gasteiger partial charge in [0.15, 0.2) is 11.5 Å². The number of nitrogens with zero attached hydrogens (tertiary/aromatic N) is 3. The second-order valence-electron chi connectivity index (χ2n) is 6.62. The van der Waals surface area contributed by atoms with Crippen molar-refractivity contribution >= 4 is 49.0 Å². The predicted molar refractivity (Wildman–Crippen MR) is 127 cm³/mol. The van der Waals surface area contributed by atoms with Crippen LogP contribution in [0.25, 0.3) is 10.9 Å². The molecular weight excluding hydrogens is 514 g/mol. The lowest BCUT2D eigenvalue weighted by Crippen LogP contribution is -2.22. The summed E-state index contributed by atoms with van der Waals surface area (Å²) in [5, 5.41) is 5.01. The Bertz CT molecular complexity index is 1140. The monoisotopic (exact) mass is 535 g/mol. The van der Waals surface area contributed by atoms with E-state index in [2.05, 4.69) is 43.9 Å². The lowest BCUT2D eigenvalue weighted by Gasteiger charge is -2.12. The third-order valence-corrected chi connectivity index (χ3v) is 5.57. The fourth-order valence-electron chi connectivity index (χ4n) is 3.06. The van der Waals surface area contributed by atoms with Crippen molar-refractivity contribution in [1.82, 2.24) is 9.66 Å². The molecule has 1 heterocycles. The van der Waals surface area contributed by atoms with Gasteiger partial charge in [-0.2, -0.15) is 9.78 Å². The van der Waals surface area contributed by atoms with Crippen molar-refractivity contribution in [2.75, 3.05) is 13.7 Å². The summed E-state index contributed by atoms with van der Waals surface area (Å²) in [6, 6.07) is 9.21. The molecule has 0 spiro atoms. The summed E-state index contributed by atoms with van der Waals surface area (Å²) in [6.07, 6.45) is 4.23. The molecule has 30 heavy (non-hydrogen) atoms. The maximum absolute atomic E-state index is 13.2. The zero-order valence-electron chi connectivity index (χ0n) is 17.1. The van der Waals surface area contributed by atoms with Crippen LogP contribution in [-0.2, 0) is 6.42 Å². The van der Waals surface area contributed by atoms with Crippen molar-refractivity contribution in [1.29, 1.82) is 0 Å². The highest BCUT2D eigenvalue weighted by atomic mass is 79.9. The van der Waals surface area contributed by atoms with Crippen LogP contribution in [0.5, 0.6) is 11.5 Å². The second kappa shape index (κ2) is 10.2. The highest BCUT2D eigenvalue weighted by Gasteiger charge is 2.13. The van der Waals surface area contributed by atoms with E-state index in [1.165, 1.54) is 4.68 Å². The third-order valence-electron chi connectivity index (χ3n) is 4.49. The summed E-state index contributed by atoms with van der Waals surface area (Å²) in [5.41, 5.74) is 1.25. The molecular formula is C22H23Br2N3O3. The van der Waals surface area contributed by atoms with Crippen LogP contribution >= 0.6 is 31.9 Å². The van der Waals surface area contributed by atoms with Gasteiger partial charge in [0.25, 0.3) is 5.56 Å². The Hall–Kier alpha value is -2.19. The summed E-state index contributed by atoms with van der Waals surface area (Å²) >= 11 is 6.93. The first-order valence-corrected chi connectivity index (χ1v) is 11.3. The van der Waals surface area contributed by atoms with Gasteiger partial charge in [-0.05, 0) is 65.2 Å². The minimum atomic E-state index is -0.193. The number of hydrogen-bond donors (Lipinski definition) is 0. The molecule has 3 rings (SSSR count). The van der Waals surface area contributed by atoms with E-state index in [0.717, 1.165) is 27.4 Å². The van der Waals surface area contributed by atoms with E-state index >= 15 is 0 Å². The highest BCUT2D eigenvalue weighted by Crippen LogP contribution is 2.36. The van der Waals surface area contributed by atoms with Crippen LogP contribution in [0.4, 0.5) is 0 Å². The molecule has 0 atom stereocenters. The molecule has 0 amide bonds. The first kappa shape index (κ1) is 22.5. The van der Waals surface area contributed by atoms with E-state index in [1.54, 1.807) is 19.4 Å². The molecule has 0 aliphatic rings. The van der Waals surface area contributed by atoms with Crippen molar-refractivity contribution in [3.05, 3.63) is 61.0 Å². The molecule has 0 fully saturated rings. The van der Waals surface area contributed by atoms with Gasteiger partial charge in [0.2, 0.25) is 0 Å². The fourth-order valence-corrected chi connectivity index (χ4v) is 4.04. The Labute approximate surface area is 192 Å². The zero-order chi connectivity index (χ0) is 21.7.